The average molecular weight is 939 g/mol. The molecule has 0 saturated carbocycles. The third kappa shape index (κ3) is 16.2. The van der Waals surface area contributed by atoms with Gasteiger partial charge in [0.15, 0.2) is 0 Å². The van der Waals surface area contributed by atoms with Gasteiger partial charge in [-0.2, -0.15) is 0 Å². The second kappa shape index (κ2) is 24.9. The first-order valence-corrected chi connectivity index (χ1v) is 24.9. The summed E-state index contributed by atoms with van der Waals surface area (Å²) in [5.41, 5.74) is 13.6. The highest BCUT2D eigenvalue weighted by Crippen LogP contribution is 2.42. The van der Waals surface area contributed by atoms with E-state index in [9.17, 15) is 19.2 Å². The first-order chi connectivity index (χ1) is 33.0. The SMILES string of the molecule is CC(C)(C)OC(=O)NCCCCC(=O)N1CCC2=C(Cc3ccccc32)C1Cc1ccccc1.CC(C)(C)OC(=O)NCCCCC(=O)O.c1ccc(CC2NCCC3=C2Cc2ccccc23)cc1. The number of nitrogens with zero attached hydrogens (tertiary/aromatic N) is 1. The average Bonchev–Trinajstić information content (AvgIpc) is 3.88. The maximum Gasteiger partial charge on any atom is 0.407 e. The third-order valence-electron chi connectivity index (χ3n) is 12.6. The van der Waals surface area contributed by atoms with E-state index < -0.39 is 29.4 Å². The summed E-state index contributed by atoms with van der Waals surface area (Å²) in [5, 5.41) is 17.4. The zero-order valence-electron chi connectivity index (χ0n) is 41.7. The molecule has 2 unspecified atom stereocenters. The van der Waals surface area contributed by atoms with Crippen molar-refractivity contribution in [2.24, 2.45) is 0 Å². The van der Waals surface area contributed by atoms with Gasteiger partial charge in [0.25, 0.3) is 0 Å². The zero-order chi connectivity index (χ0) is 49.4. The maximum atomic E-state index is 13.3. The maximum absolute atomic E-state index is 13.3. The molecule has 4 aromatic carbocycles. The van der Waals surface area contributed by atoms with Gasteiger partial charge in [0.2, 0.25) is 5.91 Å². The number of hydrogen-bond donors (Lipinski definition) is 4. The number of carboxylic acid groups (broad SMARTS) is 1. The highest BCUT2D eigenvalue weighted by molar-refractivity contribution is 5.83. The minimum atomic E-state index is -0.813. The Labute approximate surface area is 410 Å². The predicted octanol–water partition coefficient (Wildman–Crippen LogP) is 10.9. The van der Waals surface area contributed by atoms with E-state index >= 15 is 0 Å². The number of benzene rings is 4. The molecule has 0 spiro atoms. The van der Waals surface area contributed by atoms with Gasteiger partial charge in [0, 0.05) is 38.5 Å². The number of carbonyl (C=O) groups is 4. The fourth-order valence-electron chi connectivity index (χ4n) is 9.59. The van der Waals surface area contributed by atoms with Crippen molar-refractivity contribution in [2.45, 2.75) is 142 Å². The Kier molecular flexibility index (Phi) is 18.8. The van der Waals surface area contributed by atoms with Gasteiger partial charge < -0.3 is 35.4 Å². The van der Waals surface area contributed by atoms with E-state index in [0.717, 1.165) is 58.0 Å². The molecule has 0 radical (unpaired) electrons. The van der Waals surface area contributed by atoms with Crippen LogP contribution in [0.25, 0.3) is 11.1 Å². The second-order valence-electron chi connectivity index (χ2n) is 20.3. The lowest BCUT2D eigenvalue weighted by Gasteiger charge is -2.38. The molecule has 0 bridgehead atoms. The van der Waals surface area contributed by atoms with E-state index in [2.05, 4.69) is 124 Å². The number of nitrogens with one attached hydrogen (secondary N) is 3. The molecule has 2 atom stereocenters. The smallest absolute Gasteiger partial charge is 0.407 e. The number of unbranched alkanes of at least 4 members (excludes halogenated alkanes) is 2. The monoisotopic (exact) mass is 939 g/mol. The Morgan fingerprint density at radius 3 is 1.62 bits per heavy atom. The van der Waals surface area contributed by atoms with Gasteiger partial charge in [-0.15, -0.1) is 0 Å². The van der Waals surface area contributed by atoms with E-state index in [-0.39, 0.29) is 18.4 Å². The lowest BCUT2D eigenvalue weighted by Crippen LogP contribution is -2.46. The Balaban J connectivity index is 0.000000189. The van der Waals surface area contributed by atoms with Gasteiger partial charge in [-0.25, -0.2) is 9.59 Å². The van der Waals surface area contributed by atoms with Crippen molar-refractivity contribution in [1.82, 2.24) is 20.9 Å². The number of amides is 3. The van der Waals surface area contributed by atoms with Crippen LogP contribution in [0, 0.1) is 0 Å². The molecule has 3 amide bonds. The van der Waals surface area contributed by atoms with E-state index in [0.29, 0.717) is 38.4 Å². The minimum Gasteiger partial charge on any atom is -0.481 e. The fourth-order valence-corrected chi connectivity index (χ4v) is 9.59. The molecule has 69 heavy (non-hydrogen) atoms. The number of carboxylic acids is 1. The van der Waals surface area contributed by atoms with Crippen LogP contribution in [0.3, 0.4) is 0 Å². The number of aliphatic carboxylic acids is 1. The van der Waals surface area contributed by atoms with Gasteiger partial charge in [0.1, 0.15) is 11.2 Å². The molecule has 0 aromatic heterocycles. The number of rotatable bonds is 14. The molecule has 8 rings (SSSR count). The summed E-state index contributed by atoms with van der Waals surface area (Å²) in [5.74, 6) is -0.604. The summed E-state index contributed by atoms with van der Waals surface area (Å²) >= 11 is 0. The van der Waals surface area contributed by atoms with Crippen LogP contribution in [-0.2, 0) is 44.7 Å². The van der Waals surface area contributed by atoms with E-state index in [1.54, 1.807) is 31.9 Å². The van der Waals surface area contributed by atoms with Crippen molar-refractivity contribution in [3.05, 3.63) is 154 Å². The number of alkyl carbamates (subject to hydrolysis) is 2. The van der Waals surface area contributed by atoms with Gasteiger partial charge in [-0.05, 0) is 168 Å². The van der Waals surface area contributed by atoms with Crippen LogP contribution in [0.15, 0.2) is 120 Å². The summed E-state index contributed by atoms with van der Waals surface area (Å²) in [6.45, 7) is 13.7. The number of carbonyl (C=O) groups excluding carboxylic acids is 3. The molecule has 0 saturated heterocycles. The summed E-state index contributed by atoms with van der Waals surface area (Å²) in [6.07, 6.45) is 8.59. The molecule has 4 aliphatic rings. The number of hydrogen-bond acceptors (Lipinski definition) is 7. The van der Waals surface area contributed by atoms with Crippen LogP contribution in [0.4, 0.5) is 9.59 Å². The minimum absolute atomic E-state index is 0.103. The second-order valence-corrected chi connectivity index (χ2v) is 20.3. The predicted molar refractivity (Wildman–Crippen MR) is 275 cm³/mol. The Morgan fingerprint density at radius 2 is 1.09 bits per heavy atom. The van der Waals surface area contributed by atoms with Crippen molar-refractivity contribution in [3.63, 3.8) is 0 Å². The highest BCUT2D eigenvalue weighted by Gasteiger charge is 2.36. The van der Waals surface area contributed by atoms with E-state index in [1.165, 1.54) is 50.9 Å². The lowest BCUT2D eigenvalue weighted by molar-refractivity contribution is -0.137. The molecule has 368 valence electrons. The van der Waals surface area contributed by atoms with E-state index in [1.807, 2.05) is 26.8 Å². The molecule has 2 aliphatic heterocycles. The molecular formula is C58H74N4O7. The van der Waals surface area contributed by atoms with Gasteiger partial charge in [0.05, 0.1) is 6.04 Å². The number of ether oxygens (including phenoxy) is 2. The fraction of sp³-hybridized carbons (Fsp3) is 0.448. The van der Waals surface area contributed by atoms with Crippen LogP contribution < -0.4 is 16.0 Å². The quantitative estimate of drug-likeness (QED) is 0.0914. The molecular weight excluding hydrogens is 865 g/mol. The molecule has 0 fully saturated rings. The number of fused-ring (bicyclic) bond motifs is 4. The Morgan fingerprint density at radius 1 is 0.609 bits per heavy atom. The lowest BCUT2D eigenvalue weighted by atomic mass is 9.88. The molecule has 2 aliphatic carbocycles. The first-order valence-electron chi connectivity index (χ1n) is 24.9. The zero-order valence-corrected chi connectivity index (χ0v) is 41.7. The van der Waals surface area contributed by atoms with Crippen molar-refractivity contribution in [2.75, 3.05) is 26.2 Å². The Bertz CT molecular complexity index is 2420. The first kappa shape index (κ1) is 52.2. The summed E-state index contributed by atoms with van der Waals surface area (Å²) in [4.78, 5) is 48.5. The Hall–Kier alpha value is -6.20. The standard InChI is InChI=1S/C29H36N2O3.C19H19N.C10H19NO4/c1-29(2,3)34-28(33)30-17-10-9-15-27(32)31-18-16-24-23-14-8-7-13-22(23)20-25(24)26(31)19-21-11-5-4-6-12-21;1-2-6-14(7-3-1)12-19-18-13-15-8-4-5-9-16(15)17(18)10-11-20-19;1-10(2,3)15-9(14)11-7-5-4-6-8(12)13/h4-8,11-14,26H,9-10,15-20H2,1-3H3,(H,30,33);1-9,19-20H,10-13H2;4-7H2,1-3H3,(H,11,14)(H,12,13). The topological polar surface area (TPSA) is 146 Å². The molecule has 11 heteroatoms. The summed E-state index contributed by atoms with van der Waals surface area (Å²) in [6, 6.07) is 39.5. The van der Waals surface area contributed by atoms with Crippen molar-refractivity contribution >= 4 is 35.2 Å². The van der Waals surface area contributed by atoms with Crippen molar-refractivity contribution in [3.8, 4) is 0 Å². The normalized spacial score (nSPS) is 16.9. The van der Waals surface area contributed by atoms with Crippen molar-refractivity contribution in [1.29, 1.82) is 0 Å². The van der Waals surface area contributed by atoms with Crippen LogP contribution in [0.2, 0.25) is 0 Å². The van der Waals surface area contributed by atoms with Crippen LogP contribution in [-0.4, -0.2) is 83.5 Å². The van der Waals surface area contributed by atoms with Crippen LogP contribution in [0.1, 0.15) is 126 Å². The van der Waals surface area contributed by atoms with Crippen molar-refractivity contribution < 1.29 is 33.8 Å². The van der Waals surface area contributed by atoms with E-state index in [4.69, 9.17) is 14.6 Å². The van der Waals surface area contributed by atoms with Gasteiger partial charge in [-0.3, -0.25) is 9.59 Å². The van der Waals surface area contributed by atoms with Gasteiger partial charge in [-0.1, -0.05) is 109 Å². The summed E-state index contributed by atoms with van der Waals surface area (Å²) in [7, 11) is 0. The third-order valence-corrected chi connectivity index (χ3v) is 12.6. The molecule has 2 heterocycles. The highest BCUT2D eigenvalue weighted by atomic mass is 16.6. The summed E-state index contributed by atoms with van der Waals surface area (Å²) < 4.78 is 10.3. The molecule has 4 aromatic rings. The molecule has 4 N–H and O–H groups in total. The van der Waals surface area contributed by atoms with Crippen LogP contribution >= 0.6 is 0 Å². The largest absolute Gasteiger partial charge is 0.481 e. The van der Waals surface area contributed by atoms with Crippen LogP contribution in [0.5, 0.6) is 0 Å². The van der Waals surface area contributed by atoms with Gasteiger partial charge >= 0.3 is 18.2 Å². The molecule has 11 nitrogen and oxygen atoms in total.